The third-order valence-electron chi connectivity index (χ3n) is 12.2. The fourth-order valence-corrected chi connectivity index (χ4v) is 9.29. The molecule has 1 aliphatic rings. The molecule has 278 valence electrons. The van der Waals surface area contributed by atoms with Crippen molar-refractivity contribution in [3.63, 3.8) is 0 Å². The fourth-order valence-electron chi connectivity index (χ4n) is 9.29. The van der Waals surface area contributed by atoms with Crippen LogP contribution < -0.4 is 0 Å². The van der Waals surface area contributed by atoms with Crippen LogP contribution in [0.2, 0.25) is 0 Å². The summed E-state index contributed by atoms with van der Waals surface area (Å²) in [5, 5.41) is 11.6. The summed E-state index contributed by atoms with van der Waals surface area (Å²) in [7, 11) is 0. The Kier molecular flexibility index (Phi) is 7.54. The topological polar surface area (TPSA) is 42.8 Å². The molecule has 0 radical (unpaired) electrons. The molecule has 0 aliphatic carbocycles. The van der Waals surface area contributed by atoms with E-state index in [9.17, 15) is 0 Å². The number of hydrogen-bond donors (Lipinski definition) is 0. The summed E-state index contributed by atoms with van der Waals surface area (Å²) in [5.41, 5.74) is 10.0. The van der Waals surface area contributed by atoms with Gasteiger partial charge in [0.1, 0.15) is 11.2 Å². The van der Waals surface area contributed by atoms with Crippen LogP contribution in [0, 0.1) is 5.92 Å². The van der Waals surface area contributed by atoms with Gasteiger partial charge < -0.3 is 8.98 Å². The van der Waals surface area contributed by atoms with Gasteiger partial charge in [-0.15, -0.1) is 0 Å². The summed E-state index contributed by atoms with van der Waals surface area (Å²) in [5.74, 6) is 0.799. The number of aromatic nitrogens is 1. The number of benzene rings is 9. The third-order valence-corrected chi connectivity index (χ3v) is 12.2. The molecule has 0 fully saturated rings. The number of nitrogens with zero attached hydrogens (tertiary/aromatic N) is 3. The number of para-hydroxylation sites is 1. The van der Waals surface area contributed by atoms with Crippen molar-refractivity contribution in [3.05, 3.63) is 205 Å². The van der Waals surface area contributed by atoms with E-state index in [1.807, 2.05) is 0 Å². The van der Waals surface area contributed by atoms with Crippen LogP contribution in [0.3, 0.4) is 0 Å². The van der Waals surface area contributed by atoms with Crippen LogP contribution in [0.5, 0.6) is 0 Å². The van der Waals surface area contributed by atoms with Crippen LogP contribution in [0.1, 0.15) is 30.0 Å². The molecule has 0 N–H and O–H groups in total. The maximum Gasteiger partial charge on any atom is 0.160 e. The summed E-state index contributed by atoms with van der Waals surface area (Å²) in [4.78, 5) is 11.2. The SMILES string of the molecule is CC1C/C=C(\c2c(-n3c4ccccc4c4cc5ccccc5cc43)ccc3oc4cc5ccccc5cc4c23)N=C(c2ccc3ccccc3c2)N=C1c1ccccc1. The molecule has 3 heterocycles. The zero-order chi connectivity index (χ0) is 39.0. The molecule has 59 heavy (non-hydrogen) atoms. The first kappa shape index (κ1) is 33.6. The van der Waals surface area contributed by atoms with Gasteiger partial charge in [0.05, 0.1) is 28.1 Å². The second-order valence-corrected chi connectivity index (χ2v) is 15.8. The standard InChI is InChI=1S/C55H37N3O/c1-34-23-26-46(56-55(57-54(34)36-14-3-2-4-15-36)42-25-24-35-13-5-6-16-37(35)29-42)53-48(27-28-50-52(53)45-31-39-18-8-10-20-41(39)33-51(45)59-50)58-47-22-12-11-21-43(47)44-30-38-17-7-9-19-40(38)32-49(44)58/h2-22,24-34H,23H2,1H3/b46-26+,56-55?,57-54?. The quantitative estimate of drug-likeness (QED) is 0.176. The van der Waals surface area contributed by atoms with Crippen molar-refractivity contribution in [1.82, 2.24) is 4.57 Å². The normalized spacial score (nSPS) is 15.8. The molecule has 0 bridgehead atoms. The first-order valence-corrected chi connectivity index (χ1v) is 20.4. The Hall–Kier alpha value is -7.56. The van der Waals surface area contributed by atoms with Crippen molar-refractivity contribution < 1.29 is 4.42 Å². The Labute approximate surface area is 340 Å². The molecule has 12 rings (SSSR count). The van der Waals surface area contributed by atoms with Crippen LogP contribution in [0.4, 0.5) is 0 Å². The van der Waals surface area contributed by atoms with Gasteiger partial charge >= 0.3 is 0 Å². The van der Waals surface area contributed by atoms with Gasteiger partial charge in [-0.05, 0) is 92.8 Å². The smallest absolute Gasteiger partial charge is 0.160 e. The number of hydrogen-bond acceptors (Lipinski definition) is 3. The molecule has 0 saturated heterocycles. The van der Waals surface area contributed by atoms with Gasteiger partial charge in [-0.2, -0.15) is 0 Å². The van der Waals surface area contributed by atoms with Gasteiger partial charge in [0.15, 0.2) is 5.84 Å². The van der Waals surface area contributed by atoms with E-state index in [-0.39, 0.29) is 5.92 Å². The molecule has 2 aromatic heterocycles. The molecule has 1 atom stereocenters. The highest BCUT2D eigenvalue weighted by Gasteiger charge is 2.25. The van der Waals surface area contributed by atoms with Crippen molar-refractivity contribution in [2.24, 2.45) is 15.9 Å². The Morgan fingerprint density at radius 2 is 1.14 bits per heavy atom. The van der Waals surface area contributed by atoms with E-state index in [1.165, 1.54) is 32.3 Å². The Morgan fingerprint density at radius 3 is 1.92 bits per heavy atom. The second kappa shape index (κ2) is 13.3. The van der Waals surface area contributed by atoms with E-state index < -0.39 is 0 Å². The van der Waals surface area contributed by atoms with Gasteiger partial charge in [-0.25, -0.2) is 9.98 Å². The number of aliphatic imine (C=N–C) groups is 2. The van der Waals surface area contributed by atoms with E-state index in [2.05, 4.69) is 200 Å². The predicted octanol–water partition coefficient (Wildman–Crippen LogP) is 14.5. The minimum absolute atomic E-state index is 0.116. The molecular weight excluding hydrogens is 719 g/mol. The van der Waals surface area contributed by atoms with Crippen molar-refractivity contribution in [2.75, 3.05) is 0 Å². The first-order chi connectivity index (χ1) is 29.1. The molecule has 4 heteroatoms. The number of furan rings is 1. The number of fused-ring (bicyclic) bond motifs is 9. The zero-order valence-corrected chi connectivity index (χ0v) is 32.4. The van der Waals surface area contributed by atoms with Crippen LogP contribution >= 0.6 is 0 Å². The first-order valence-electron chi connectivity index (χ1n) is 20.4. The molecule has 4 nitrogen and oxygen atoms in total. The maximum absolute atomic E-state index is 6.80. The highest BCUT2D eigenvalue weighted by Crippen LogP contribution is 2.44. The molecule has 0 amide bonds. The van der Waals surface area contributed by atoms with E-state index >= 15 is 0 Å². The van der Waals surface area contributed by atoms with Gasteiger partial charge in [0.25, 0.3) is 0 Å². The van der Waals surface area contributed by atoms with Crippen LogP contribution in [-0.4, -0.2) is 16.1 Å². The van der Waals surface area contributed by atoms with E-state index in [0.29, 0.717) is 5.84 Å². The van der Waals surface area contributed by atoms with Gasteiger partial charge in [0, 0.05) is 38.6 Å². The Morgan fingerprint density at radius 1 is 0.492 bits per heavy atom. The lowest BCUT2D eigenvalue weighted by Crippen LogP contribution is -2.17. The lowest BCUT2D eigenvalue weighted by atomic mass is 9.92. The monoisotopic (exact) mass is 755 g/mol. The largest absolute Gasteiger partial charge is 0.456 e. The van der Waals surface area contributed by atoms with Gasteiger partial charge in [-0.1, -0.05) is 146 Å². The maximum atomic E-state index is 6.80. The molecule has 0 saturated carbocycles. The lowest BCUT2D eigenvalue weighted by molar-refractivity contribution is 0.669. The minimum atomic E-state index is 0.116. The van der Waals surface area contributed by atoms with Crippen molar-refractivity contribution in [2.45, 2.75) is 13.3 Å². The van der Waals surface area contributed by atoms with Gasteiger partial charge in [0.2, 0.25) is 0 Å². The third kappa shape index (κ3) is 5.44. The van der Waals surface area contributed by atoms with Crippen LogP contribution in [0.15, 0.2) is 202 Å². The average Bonchev–Trinajstić information content (AvgIpc) is 3.80. The Balaban J connectivity index is 1.21. The number of rotatable bonds is 4. The van der Waals surface area contributed by atoms with E-state index in [0.717, 1.165) is 84.0 Å². The zero-order valence-electron chi connectivity index (χ0n) is 32.4. The molecule has 0 spiro atoms. The Bertz CT molecular complexity index is 3600. The molecule has 11 aromatic rings. The molecule has 9 aromatic carbocycles. The van der Waals surface area contributed by atoms with Crippen molar-refractivity contribution >= 4 is 93.3 Å². The van der Waals surface area contributed by atoms with Crippen LogP contribution in [0.25, 0.3) is 87.4 Å². The summed E-state index contributed by atoms with van der Waals surface area (Å²) >= 11 is 0. The van der Waals surface area contributed by atoms with Crippen molar-refractivity contribution in [3.8, 4) is 5.69 Å². The molecule has 1 aliphatic heterocycles. The highest BCUT2D eigenvalue weighted by molar-refractivity contribution is 6.20. The molecular formula is C55H37N3O. The van der Waals surface area contributed by atoms with Crippen LogP contribution in [-0.2, 0) is 0 Å². The molecule has 1 unspecified atom stereocenters. The predicted molar refractivity (Wildman–Crippen MR) is 248 cm³/mol. The fraction of sp³-hybridized carbons (Fsp3) is 0.0545. The summed E-state index contributed by atoms with van der Waals surface area (Å²) in [6, 6.07) is 65.1. The summed E-state index contributed by atoms with van der Waals surface area (Å²) < 4.78 is 9.24. The summed E-state index contributed by atoms with van der Waals surface area (Å²) in [6.45, 7) is 2.28. The van der Waals surface area contributed by atoms with E-state index in [1.54, 1.807) is 0 Å². The number of allylic oxidation sites excluding steroid dienone is 1. The minimum Gasteiger partial charge on any atom is -0.456 e. The average molecular weight is 756 g/mol. The summed E-state index contributed by atoms with van der Waals surface area (Å²) in [6.07, 6.45) is 3.09. The highest BCUT2D eigenvalue weighted by atomic mass is 16.3. The van der Waals surface area contributed by atoms with Crippen molar-refractivity contribution in [1.29, 1.82) is 0 Å². The second-order valence-electron chi connectivity index (χ2n) is 15.8. The lowest BCUT2D eigenvalue weighted by Gasteiger charge is -2.21. The number of amidine groups is 1. The van der Waals surface area contributed by atoms with E-state index in [4.69, 9.17) is 14.4 Å². The van der Waals surface area contributed by atoms with Gasteiger partial charge in [-0.3, -0.25) is 0 Å².